The van der Waals surface area contributed by atoms with E-state index < -0.39 is 0 Å². The van der Waals surface area contributed by atoms with Crippen molar-refractivity contribution in [3.05, 3.63) is 41.5 Å². The minimum atomic E-state index is 0.329. The highest BCUT2D eigenvalue weighted by Gasteiger charge is 2.08. The molecule has 114 valence electrons. The fourth-order valence-corrected chi connectivity index (χ4v) is 2.21. The van der Waals surface area contributed by atoms with E-state index in [0.717, 1.165) is 25.0 Å². The average Bonchev–Trinajstić information content (AvgIpc) is 2.96. The van der Waals surface area contributed by atoms with Gasteiger partial charge in [-0.1, -0.05) is 31.1 Å². The van der Waals surface area contributed by atoms with E-state index in [4.69, 9.17) is 9.26 Å². The lowest BCUT2D eigenvalue weighted by atomic mass is 10.1. The van der Waals surface area contributed by atoms with E-state index in [9.17, 15) is 0 Å². The Morgan fingerprint density at radius 3 is 2.62 bits per heavy atom. The van der Waals surface area contributed by atoms with Crippen molar-refractivity contribution in [2.75, 3.05) is 7.05 Å². The number of hydrogen-bond donors (Lipinski definition) is 1. The fourth-order valence-electron chi connectivity index (χ4n) is 2.21. The van der Waals surface area contributed by atoms with Gasteiger partial charge in [0.05, 0.1) is 0 Å². The van der Waals surface area contributed by atoms with E-state index >= 15 is 0 Å². The summed E-state index contributed by atoms with van der Waals surface area (Å²) in [5, 5.41) is 7.19. The Morgan fingerprint density at radius 2 is 2.00 bits per heavy atom. The number of aromatic nitrogens is 2. The van der Waals surface area contributed by atoms with E-state index in [1.54, 1.807) is 0 Å². The molecule has 5 heteroatoms. The van der Waals surface area contributed by atoms with Crippen molar-refractivity contribution >= 4 is 0 Å². The molecule has 1 unspecified atom stereocenters. The molecule has 0 radical (unpaired) electrons. The standard InChI is InChI=1S/C16H23N3O2/c1-4-6-16-18-15(19-21-16)11-20-13-9-7-12(8-10-13)14(5-2)17-3/h7-10,14,17H,4-6,11H2,1-3H3. The normalized spacial score (nSPS) is 12.3. The van der Waals surface area contributed by atoms with Crippen LogP contribution in [0.15, 0.2) is 28.8 Å². The summed E-state index contributed by atoms with van der Waals surface area (Å²) in [5.41, 5.74) is 1.26. The number of aryl methyl sites for hydroxylation is 1. The maximum absolute atomic E-state index is 5.68. The van der Waals surface area contributed by atoms with Gasteiger partial charge >= 0.3 is 0 Å². The number of nitrogens with one attached hydrogen (secondary N) is 1. The number of benzene rings is 1. The van der Waals surface area contributed by atoms with Gasteiger partial charge in [-0.15, -0.1) is 0 Å². The lowest BCUT2D eigenvalue weighted by Crippen LogP contribution is -2.14. The van der Waals surface area contributed by atoms with Gasteiger partial charge in [0.1, 0.15) is 5.75 Å². The SMILES string of the molecule is CCCc1nc(COc2ccc(C(CC)NC)cc2)no1. The van der Waals surface area contributed by atoms with E-state index in [1.807, 2.05) is 19.2 Å². The summed E-state index contributed by atoms with van der Waals surface area (Å²) in [6.07, 6.45) is 2.86. The van der Waals surface area contributed by atoms with Gasteiger partial charge in [-0.25, -0.2) is 0 Å². The highest BCUT2D eigenvalue weighted by molar-refractivity contribution is 5.29. The molecule has 1 atom stereocenters. The Bertz CT molecular complexity index is 533. The number of ether oxygens (including phenoxy) is 1. The van der Waals surface area contributed by atoms with Crippen LogP contribution in [0.3, 0.4) is 0 Å². The molecule has 0 bridgehead atoms. The molecule has 21 heavy (non-hydrogen) atoms. The van der Waals surface area contributed by atoms with Crippen molar-refractivity contribution in [3.63, 3.8) is 0 Å². The van der Waals surface area contributed by atoms with Gasteiger partial charge in [0.25, 0.3) is 0 Å². The molecular formula is C16H23N3O2. The Labute approximate surface area is 125 Å². The smallest absolute Gasteiger partial charge is 0.226 e. The van der Waals surface area contributed by atoms with Crippen LogP contribution in [0.5, 0.6) is 5.75 Å². The second-order valence-corrected chi connectivity index (χ2v) is 4.96. The number of hydrogen-bond acceptors (Lipinski definition) is 5. The zero-order valence-corrected chi connectivity index (χ0v) is 12.9. The van der Waals surface area contributed by atoms with Crippen molar-refractivity contribution in [3.8, 4) is 5.75 Å². The Balaban J connectivity index is 1.90. The lowest BCUT2D eigenvalue weighted by molar-refractivity contribution is 0.285. The fraction of sp³-hybridized carbons (Fsp3) is 0.500. The van der Waals surface area contributed by atoms with Crippen LogP contribution in [-0.2, 0) is 13.0 Å². The van der Waals surface area contributed by atoms with E-state index in [-0.39, 0.29) is 0 Å². The van der Waals surface area contributed by atoms with E-state index in [0.29, 0.717) is 24.4 Å². The van der Waals surface area contributed by atoms with Crippen LogP contribution in [0, 0.1) is 0 Å². The molecule has 5 nitrogen and oxygen atoms in total. The first-order valence-electron chi connectivity index (χ1n) is 7.48. The molecule has 2 aromatic rings. The molecule has 1 aromatic carbocycles. The van der Waals surface area contributed by atoms with Crippen LogP contribution < -0.4 is 10.1 Å². The number of nitrogens with zero attached hydrogens (tertiary/aromatic N) is 2. The molecule has 1 N–H and O–H groups in total. The molecule has 0 saturated heterocycles. The largest absolute Gasteiger partial charge is 0.485 e. The van der Waals surface area contributed by atoms with Gasteiger partial charge < -0.3 is 14.6 Å². The molecule has 1 aromatic heterocycles. The van der Waals surface area contributed by atoms with Crippen LogP contribution in [0.4, 0.5) is 0 Å². The quantitative estimate of drug-likeness (QED) is 0.808. The third kappa shape index (κ3) is 4.29. The van der Waals surface area contributed by atoms with Crippen LogP contribution in [0.25, 0.3) is 0 Å². The van der Waals surface area contributed by atoms with E-state index in [2.05, 4.69) is 41.4 Å². The second kappa shape index (κ2) is 7.78. The van der Waals surface area contributed by atoms with Crippen molar-refractivity contribution in [2.45, 2.75) is 45.8 Å². The second-order valence-electron chi connectivity index (χ2n) is 4.96. The molecule has 0 saturated carbocycles. The molecular weight excluding hydrogens is 266 g/mol. The van der Waals surface area contributed by atoms with Gasteiger partial charge in [0.15, 0.2) is 6.61 Å². The molecule has 0 aliphatic rings. The summed E-state index contributed by atoms with van der Waals surface area (Å²) in [6.45, 7) is 4.57. The summed E-state index contributed by atoms with van der Waals surface area (Å²) in [7, 11) is 1.97. The van der Waals surface area contributed by atoms with Gasteiger partial charge in [-0.05, 0) is 37.6 Å². The Hall–Kier alpha value is -1.88. The van der Waals surface area contributed by atoms with Gasteiger partial charge in [-0.2, -0.15) is 4.98 Å². The third-order valence-corrected chi connectivity index (χ3v) is 3.38. The predicted octanol–water partition coefficient (Wildman–Crippen LogP) is 3.27. The molecule has 0 spiro atoms. The molecule has 0 amide bonds. The highest BCUT2D eigenvalue weighted by Crippen LogP contribution is 2.20. The maximum Gasteiger partial charge on any atom is 0.226 e. The third-order valence-electron chi connectivity index (χ3n) is 3.38. The van der Waals surface area contributed by atoms with Crippen LogP contribution in [-0.4, -0.2) is 17.2 Å². The zero-order chi connectivity index (χ0) is 15.1. The summed E-state index contributed by atoms with van der Waals surface area (Å²) >= 11 is 0. The van der Waals surface area contributed by atoms with Gasteiger partial charge in [-0.3, -0.25) is 0 Å². The summed E-state index contributed by atoms with van der Waals surface area (Å²) in [4.78, 5) is 4.27. The molecule has 0 fully saturated rings. The number of rotatable bonds is 8. The molecule has 0 aliphatic carbocycles. The monoisotopic (exact) mass is 289 g/mol. The maximum atomic E-state index is 5.68. The summed E-state index contributed by atoms with van der Waals surface area (Å²) < 4.78 is 10.8. The average molecular weight is 289 g/mol. The van der Waals surface area contributed by atoms with Crippen molar-refractivity contribution < 1.29 is 9.26 Å². The predicted molar refractivity (Wildman–Crippen MR) is 81.2 cm³/mol. The summed E-state index contributed by atoms with van der Waals surface area (Å²) in [6, 6.07) is 8.50. The molecule has 1 heterocycles. The molecule has 2 rings (SSSR count). The highest BCUT2D eigenvalue weighted by atomic mass is 16.5. The first-order chi connectivity index (χ1) is 10.3. The van der Waals surface area contributed by atoms with Crippen LogP contribution in [0.1, 0.15) is 50.0 Å². The first-order valence-corrected chi connectivity index (χ1v) is 7.48. The van der Waals surface area contributed by atoms with Crippen molar-refractivity contribution in [1.82, 2.24) is 15.5 Å². The van der Waals surface area contributed by atoms with Crippen LogP contribution in [0.2, 0.25) is 0 Å². The van der Waals surface area contributed by atoms with Crippen molar-refractivity contribution in [2.24, 2.45) is 0 Å². The lowest BCUT2D eigenvalue weighted by Gasteiger charge is -2.14. The van der Waals surface area contributed by atoms with E-state index in [1.165, 1.54) is 5.56 Å². The molecule has 0 aliphatic heterocycles. The van der Waals surface area contributed by atoms with Crippen molar-refractivity contribution in [1.29, 1.82) is 0 Å². The Morgan fingerprint density at radius 1 is 1.24 bits per heavy atom. The minimum absolute atomic E-state index is 0.329. The van der Waals surface area contributed by atoms with Gasteiger partial charge in [0.2, 0.25) is 11.7 Å². The zero-order valence-electron chi connectivity index (χ0n) is 12.9. The van der Waals surface area contributed by atoms with Gasteiger partial charge in [0, 0.05) is 12.5 Å². The first kappa shape index (κ1) is 15.5. The Kier molecular flexibility index (Phi) is 5.75. The van der Waals surface area contributed by atoms with Crippen LogP contribution >= 0.6 is 0 Å². The summed E-state index contributed by atoms with van der Waals surface area (Å²) in [5.74, 6) is 2.07. The topological polar surface area (TPSA) is 60.2 Å². The minimum Gasteiger partial charge on any atom is -0.485 e.